The van der Waals surface area contributed by atoms with Crippen LogP contribution in [0.3, 0.4) is 0 Å². The number of rotatable bonds is 7. The first-order valence-electron chi connectivity index (χ1n) is 9.18. The van der Waals surface area contributed by atoms with Crippen LogP contribution in [0.15, 0.2) is 57.9 Å². The van der Waals surface area contributed by atoms with Crippen LogP contribution in [-0.2, 0) is 19.6 Å². The van der Waals surface area contributed by atoms with Gasteiger partial charge in [-0.25, -0.2) is 13.2 Å². The summed E-state index contributed by atoms with van der Waals surface area (Å²) in [6.07, 6.45) is 4.07. The van der Waals surface area contributed by atoms with Gasteiger partial charge >= 0.3 is 5.97 Å². The molecule has 0 aliphatic heterocycles. The zero-order valence-electron chi connectivity index (χ0n) is 15.6. The number of amides is 1. The van der Waals surface area contributed by atoms with Crippen LogP contribution in [0.4, 0.5) is 5.69 Å². The summed E-state index contributed by atoms with van der Waals surface area (Å²) in [5.41, 5.74) is 0.368. The molecule has 0 bridgehead atoms. The van der Waals surface area contributed by atoms with Crippen molar-refractivity contribution in [1.29, 1.82) is 0 Å². The summed E-state index contributed by atoms with van der Waals surface area (Å²) < 4.78 is 33.2. The lowest BCUT2D eigenvalue weighted by Crippen LogP contribution is -2.35. The number of nitrogens with one attached hydrogen (secondary N) is 2. The first-order valence-corrected chi connectivity index (χ1v) is 11.5. The van der Waals surface area contributed by atoms with E-state index >= 15 is 0 Å². The highest BCUT2D eigenvalue weighted by atomic mass is 79.9. The van der Waals surface area contributed by atoms with Crippen molar-refractivity contribution in [1.82, 2.24) is 5.32 Å². The lowest BCUT2D eigenvalue weighted by Gasteiger charge is -2.12. The maximum Gasteiger partial charge on any atom is 0.338 e. The molecule has 0 spiro atoms. The Morgan fingerprint density at radius 3 is 2.45 bits per heavy atom. The minimum atomic E-state index is -3.80. The van der Waals surface area contributed by atoms with E-state index in [1.807, 2.05) is 0 Å². The van der Waals surface area contributed by atoms with E-state index in [0.717, 1.165) is 30.2 Å². The number of hydrogen-bond donors (Lipinski definition) is 2. The molecule has 3 rings (SSSR count). The number of halogens is 1. The number of sulfonamides is 1. The molecule has 7 nitrogen and oxygen atoms in total. The highest BCUT2D eigenvalue weighted by Crippen LogP contribution is 2.20. The van der Waals surface area contributed by atoms with E-state index in [9.17, 15) is 18.0 Å². The molecule has 1 amide bonds. The quantitative estimate of drug-likeness (QED) is 0.590. The molecule has 0 unspecified atom stereocenters. The van der Waals surface area contributed by atoms with Gasteiger partial charge < -0.3 is 10.1 Å². The van der Waals surface area contributed by atoms with Crippen LogP contribution in [0.5, 0.6) is 0 Å². The van der Waals surface area contributed by atoms with Crippen molar-refractivity contribution in [2.24, 2.45) is 0 Å². The third kappa shape index (κ3) is 6.04. The van der Waals surface area contributed by atoms with Gasteiger partial charge in [-0.2, -0.15) is 0 Å². The summed E-state index contributed by atoms with van der Waals surface area (Å²) in [4.78, 5) is 24.2. The number of anilines is 1. The molecule has 2 N–H and O–H groups in total. The molecular formula is C20H21BrN2O5S. The van der Waals surface area contributed by atoms with Crippen molar-refractivity contribution in [2.75, 3.05) is 11.3 Å². The van der Waals surface area contributed by atoms with Gasteiger partial charge in [-0.15, -0.1) is 0 Å². The first kappa shape index (κ1) is 21.3. The highest BCUT2D eigenvalue weighted by molar-refractivity contribution is 9.10. The summed E-state index contributed by atoms with van der Waals surface area (Å²) in [6, 6.07) is 12.3. The van der Waals surface area contributed by atoms with Crippen LogP contribution in [-0.4, -0.2) is 32.9 Å². The average Bonchev–Trinajstić information content (AvgIpc) is 3.19. The number of hydrogen-bond acceptors (Lipinski definition) is 5. The molecule has 1 aliphatic carbocycles. The Hall–Kier alpha value is -2.39. The minimum absolute atomic E-state index is 0.0947. The van der Waals surface area contributed by atoms with Crippen molar-refractivity contribution >= 4 is 43.5 Å². The van der Waals surface area contributed by atoms with E-state index in [-0.39, 0.29) is 34.7 Å². The van der Waals surface area contributed by atoms with Gasteiger partial charge in [-0.05, 0) is 55.3 Å². The predicted molar refractivity (Wildman–Crippen MR) is 112 cm³/mol. The molecule has 9 heteroatoms. The van der Waals surface area contributed by atoms with Crippen LogP contribution >= 0.6 is 15.9 Å². The summed E-state index contributed by atoms with van der Waals surface area (Å²) >= 11 is 3.26. The maximum absolute atomic E-state index is 12.5. The second-order valence-electron chi connectivity index (χ2n) is 6.77. The van der Waals surface area contributed by atoms with Crippen molar-refractivity contribution < 1.29 is 22.7 Å². The third-order valence-electron chi connectivity index (χ3n) is 4.53. The second kappa shape index (κ2) is 9.41. The minimum Gasteiger partial charge on any atom is -0.452 e. The smallest absolute Gasteiger partial charge is 0.338 e. The molecule has 0 aromatic heterocycles. The Labute approximate surface area is 178 Å². The third-order valence-corrected chi connectivity index (χ3v) is 6.45. The molecule has 1 fully saturated rings. The Kier molecular flexibility index (Phi) is 6.92. The van der Waals surface area contributed by atoms with Crippen molar-refractivity contribution in [2.45, 2.75) is 36.6 Å². The van der Waals surface area contributed by atoms with E-state index in [1.54, 1.807) is 12.1 Å². The second-order valence-corrected chi connectivity index (χ2v) is 9.36. The van der Waals surface area contributed by atoms with Gasteiger partial charge in [0.1, 0.15) is 0 Å². The van der Waals surface area contributed by atoms with Gasteiger partial charge in [0.2, 0.25) is 0 Å². The standard InChI is InChI=1S/C20H21BrN2O5S/c21-15-8-10-18(11-9-15)29(26,27)23-17-7-3-4-14(12-17)20(25)28-13-19(24)22-16-5-1-2-6-16/h3-4,7-12,16,23H,1-2,5-6,13H2,(H,22,24). The van der Waals surface area contributed by atoms with Gasteiger partial charge in [0, 0.05) is 16.2 Å². The fourth-order valence-electron chi connectivity index (χ4n) is 3.09. The summed E-state index contributed by atoms with van der Waals surface area (Å²) in [5.74, 6) is -1.03. The van der Waals surface area contributed by atoms with E-state index in [4.69, 9.17) is 4.74 Å². The molecular weight excluding hydrogens is 460 g/mol. The van der Waals surface area contributed by atoms with Gasteiger partial charge in [-0.3, -0.25) is 9.52 Å². The summed E-state index contributed by atoms with van der Waals surface area (Å²) in [5, 5.41) is 2.84. The molecule has 154 valence electrons. The Bertz CT molecular complexity index is 986. The number of benzene rings is 2. The monoisotopic (exact) mass is 480 g/mol. The van der Waals surface area contributed by atoms with E-state index < -0.39 is 16.0 Å². The van der Waals surface area contributed by atoms with Gasteiger partial charge in [0.25, 0.3) is 15.9 Å². The van der Waals surface area contributed by atoms with Crippen LogP contribution in [0, 0.1) is 0 Å². The van der Waals surface area contributed by atoms with Gasteiger partial charge in [-0.1, -0.05) is 34.8 Å². The Morgan fingerprint density at radius 1 is 1.07 bits per heavy atom. The number of carbonyl (C=O) groups excluding carboxylic acids is 2. The number of carbonyl (C=O) groups is 2. The maximum atomic E-state index is 12.5. The summed E-state index contributed by atoms with van der Waals surface area (Å²) in [6.45, 7) is -0.371. The Morgan fingerprint density at radius 2 is 1.76 bits per heavy atom. The highest BCUT2D eigenvalue weighted by Gasteiger charge is 2.19. The fraction of sp³-hybridized carbons (Fsp3) is 0.300. The molecule has 1 saturated carbocycles. The molecule has 2 aromatic carbocycles. The molecule has 0 atom stereocenters. The van der Waals surface area contributed by atoms with Crippen LogP contribution < -0.4 is 10.0 Å². The average molecular weight is 481 g/mol. The molecule has 0 radical (unpaired) electrons. The topological polar surface area (TPSA) is 102 Å². The van der Waals surface area contributed by atoms with Crippen LogP contribution in [0.25, 0.3) is 0 Å². The largest absolute Gasteiger partial charge is 0.452 e. The van der Waals surface area contributed by atoms with E-state index in [1.165, 1.54) is 36.4 Å². The van der Waals surface area contributed by atoms with E-state index in [0.29, 0.717) is 0 Å². The van der Waals surface area contributed by atoms with Crippen molar-refractivity contribution in [3.8, 4) is 0 Å². The Balaban J connectivity index is 1.60. The van der Waals surface area contributed by atoms with Gasteiger partial charge in [0.15, 0.2) is 6.61 Å². The lowest BCUT2D eigenvalue weighted by molar-refractivity contribution is -0.124. The normalized spacial score (nSPS) is 14.4. The summed E-state index contributed by atoms with van der Waals surface area (Å²) in [7, 11) is -3.80. The lowest BCUT2D eigenvalue weighted by atomic mass is 10.2. The molecule has 0 heterocycles. The SMILES string of the molecule is O=C(COC(=O)c1cccc(NS(=O)(=O)c2ccc(Br)cc2)c1)NC1CCCC1. The zero-order chi connectivity index (χ0) is 20.9. The molecule has 1 aliphatic rings. The van der Waals surface area contributed by atoms with E-state index in [2.05, 4.69) is 26.0 Å². The van der Waals surface area contributed by atoms with Crippen molar-refractivity contribution in [3.05, 3.63) is 58.6 Å². The fourth-order valence-corrected chi connectivity index (χ4v) is 4.41. The predicted octanol–water partition coefficient (Wildman–Crippen LogP) is 3.47. The molecule has 2 aromatic rings. The first-order chi connectivity index (χ1) is 13.8. The zero-order valence-corrected chi connectivity index (χ0v) is 18.0. The van der Waals surface area contributed by atoms with Crippen LogP contribution in [0.2, 0.25) is 0 Å². The molecule has 29 heavy (non-hydrogen) atoms. The number of ether oxygens (including phenoxy) is 1. The van der Waals surface area contributed by atoms with Crippen molar-refractivity contribution in [3.63, 3.8) is 0 Å². The van der Waals surface area contributed by atoms with Gasteiger partial charge in [0.05, 0.1) is 10.5 Å². The van der Waals surface area contributed by atoms with Crippen LogP contribution in [0.1, 0.15) is 36.0 Å². The molecule has 0 saturated heterocycles. The number of esters is 1.